The molecule has 2 unspecified atom stereocenters. The number of hydrogen-bond donors (Lipinski definition) is 1. The highest BCUT2D eigenvalue weighted by Crippen LogP contribution is 2.14. The SMILES string of the molecule is COC1CNC(C(=O)N2CCCS(=O)(=O)CC2)C1. The van der Waals surface area contributed by atoms with E-state index in [1.807, 2.05) is 0 Å². The van der Waals surface area contributed by atoms with Crippen LogP contribution in [0.3, 0.4) is 0 Å². The van der Waals surface area contributed by atoms with Gasteiger partial charge in [-0.3, -0.25) is 4.79 Å². The zero-order valence-corrected chi connectivity index (χ0v) is 11.4. The Morgan fingerprint density at radius 3 is 2.78 bits per heavy atom. The van der Waals surface area contributed by atoms with Gasteiger partial charge in [-0.2, -0.15) is 0 Å². The Morgan fingerprint density at radius 2 is 2.11 bits per heavy atom. The summed E-state index contributed by atoms with van der Waals surface area (Å²) < 4.78 is 28.2. The summed E-state index contributed by atoms with van der Waals surface area (Å²) >= 11 is 0. The largest absolute Gasteiger partial charge is 0.380 e. The molecular weight excluding hydrogens is 256 g/mol. The number of rotatable bonds is 2. The second-order valence-corrected chi connectivity index (χ2v) is 7.19. The maximum atomic E-state index is 12.2. The fourth-order valence-electron chi connectivity index (χ4n) is 2.45. The molecule has 2 aliphatic rings. The molecule has 2 fully saturated rings. The van der Waals surface area contributed by atoms with Crippen molar-refractivity contribution in [3.8, 4) is 0 Å². The minimum atomic E-state index is -2.96. The third-order valence-corrected chi connectivity index (χ3v) is 5.30. The number of nitrogens with one attached hydrogen (secondary N) is 1. The predicted octanol–water partition coefficient (Wildman–Crippen LogP) is -0.990. The Morgan fingerprint density at radius 1 is 1.33 bits per heavy atom. The molecule has 0 spiro atoms. The first kappa shape index (κ1) is 13.8. The smallest absolute Gasteiger partial charge is 0.239 e. The van der Waals surface area contributed by atoms with Crippen molar-refractivity contribution in [1.82, 2.24) is 10.2 Å². The summed E-state index contributed by atoms with van der Waals surface area (Å²) in [7, 11) is -1.33. The third kappa shape index (κ3) is 3.21. The van der Waals surface area contributed by atoms with Crippen LogP contribution in [0.5, 0.6) is 0 Å². The Labute approximate surface area is 108 Å². The van der Waals surface area contributed by atoms with Gasteiger partial charge in [0, 0.05) is 26.7 Å². The van der Waals surface area contributed by atoms with Crippen LogP contribution in [0, 0.1) is 0 Å². The van der Waals surface area contributed by atoms with Crippen LogP contribution in [0.15, 0.2) is 0 Å². The van der Waals surface area contributed by atoms with Gasteiger partial charge in [0.15, 0.2) is 9.84 Å². The van der Waals surface area contributed by atoms with Crippen LogP contribution < -0.4 is 5.32 Å². The molecular formula is C11H20N2O4S. The quantitative estimate of drug-likeness (QED) is 0.701. The molecule has 6 nitrogen and oxygen atoms in total. The normalized spacial score (nSPS) is 32.2. The van der Waals surface area contributed by atoms with Crippen molar-refractivity contribution in [2.24, 2.45) is 0 Å². The first-order valence-electron chi connectivity index (χ1n) is 6.27. The fourth-order valence-corrected chi connectivity index (χ4v) is 3.72. The van der Waals surface area contributed by atoms with E-state index in [1.54, 1.807) is 12.0 Å². The lowest BCUT2D eigenvalue weighted by Gasteiger charge is -2.23. The Bertz CT molecular complexity index is 409. The molecule has 104 valence electrons. The van der Waals surface area contributed by atoms with Gasteiger partial charge >= 0.3 is 0 Å². The molecule has 2 heterocycles. The number of sulfone groups is 1. The number of hydrogen-bond acceptors (Lipinski definition) is 5. The molecule has 2 rings (SSSR count). The van der Waals surface area contributed by atoms with E-state index in [4.69, 9.17) is 4.74 Å². The minimum absolute atomic E-state index is 0.00616. The lowest BCUT2D eigenvalue weighted by atomic mass is 10.1. The van der Waals surface area contributed by atoms with Crippen LogP contribution in [0.25, 0.3) is 0 Å². The van der Waals surface area contributed by atoms with E-state index in [9.17, 15) is 13.2 Å². The lowest BCUT2D eigenvalue weighted by molar-refractivity contribution is -0.133. The molecule has 1 amide bonds. The number of amides is 1. The van der Waals surface area contributed by atoms with E-state index in [2.05, 4.69) is 5.32 Å². The van der Waals surface area contributed by atoms with Gasteiger partial charge in [-0.25, -0.2) is 8.42 Å². The first-order valence-corrected chi connectivity index (χ1v) is 8.09. The highest BCUT2D eigenvalue weighted by atomic mass is 32.2. The molecule has 0 saturated carbocycles. The number of nitrogens with zero attached hydrogens (tertiary/aromatic N) is 1. The van der Waals surface area contributed by atoms with Gasteiger partial charge < -0.3 is 15.0 Å². The van der Waals surface area contributed by atoms with Crippen molar-refractivity contribution in [2.75, 3.05) is 38.2 Å². The van der Waals surface area contributed by atoms with Gasteiger partial charge in [-0.1, -0.05) is 0 Å². The van der Waals surface area contributed by atoms with Crippen molar-refractivity contribution in [2.45, 2.75) is 25.0 Å². The summed E-state index contributed by atoms with van der Waals surface area (Å²) in [6, 6.07) is -0.226. The van der Waals surface area contributed by atoms with E-state index in [0.29, 0.717) is 32.5 Å². The first-order chi connectivity index (χ1) is 8.52. The molecule has 0 aromatic carbocycles. The molecule has 7 heteroatoms. The highest BCUT2D eigenvalue weighted by Gasteiger charge is 2.33. The average Bonchev–Trinajstić information content (AvgIpc) is 2.74. The van der Waals surface area contributed by atoms with Crippen molar-refractivity contribution < 1.29 is 17.9 Å². The zero-order valence-electron chi connectivity index (χ0n) is 10.6. The summed E-state index contributed by atoms with van der Waals surface area (Å²) in [5, 5.41) is 3.13. The molecule has 0 radical (unpaired) electrons. The van der Waals surface area contributed by atoms with Crippen LogP contribution in [-0.4, -0.2) is 69.6 Å². The Kier molecular flexibility index (Phi) is 4.24. The van der Waals surface area contributed by atoms with Gasteiger partial charge in [0.25, 0.3) is 0 Å². The molecule has 2 atom stereocenters. The van der Waals surface area contributed by atoms with Crippen molar-refractivity contribution in [3.05, 3.63) is 0 Å². The summed E-state index contributed by atoms with van der Waals surface area (Å²) in [6.45, 7) is 1.53. The number of ether oxygens (including phenoxy) is 1. The maximum absolute atomic E-state index is 12.2. The van der Waals surface area contributed by atoms with Crippen molar-refractivity contribution in [3.63, 3.8) is 0 Å². The van der Waals surface area contributed by atoms with Crippen LogP contribution in [0.2, 0.25) is 0 Å². The second-order valence-electron chi connectivity index (χ2n) is 4.88. The summed E-state index contributed by atoms with van der Waals surface area (Å²) in [4.78, 5) is 13.9. The van der Waals surface area contributed by atoms with E-state index in [0.717, 1.165) is 0 Å². The van der Waals surface area contributed by atoms with Gasteiger partial charge in [-0.05, 0) is 12.8 Å². The van der Waals surface area contributed by atoms with Gasteiger partial charge in [0.2, 0.25) is 5.91 Å². The van der Waals surface area contributed by atoms with E-state index < -0.39 is 9.84 Å². The zero-order chi connectivity index (χ0) is 13.2. The Hall–Kier alpha value is -0.660. The van der Waals surface area contributed by atoms with Crippen LogP contribution >= 0.6 is 0 Å². The van der Waals surface area contributed by atoms with Gasteiger partial charge in [0.1, 0.15) is 0 Å². The molecule has 0 aromatic heterocycles. The molecule has 2 aliphatic heterocycles. The van der Waals surface area contributed by atoms with Crippen LogP contribution in [-0.2, 0) is 19.4 Å². The third-order valence-electron chi connectivity index (χ3n) is 3.59. The minimum Gasteiger partial charge on any atom is -0.380 e. The maximum Gasteiger partial charge on any atom is 0.239 e. The summed E-state index contributed by atoms with van der Waals surface area (Å²) in [5.74, 6) is 0.279. The summed E-state index contributed by atoms with van der Waals surface area (Å²) in [6.07, 6.45) is 1.28. The molecule has 2 saturated heterocycles. The van der Waals surface area contributed by atoms with Crippen LogP contribution in [0.1, 0.15) is 12.8 Å². The fraction of sp³-hybridized carbons (Fsp3) is 0.909. The van der Waals surface area contributed by atoms with Crippen molar-refractivity contribution >= 4 is 15.7 Å². The van der Waals surface area contributed by atoms with E-state index in [1.165, 1.54) is 0 Å². The number of carbonyl (C=O) groups excluding carboxylic acids is 1. The standard InChI is InChI=1S/C11H20N2O4S/c1-17-9-7-10(12-8-9)11(14)13-3-2-5-18(15,16)6-4-13/h9-10,12H,2-8H2,1H3. The van der Waals surface area contributed by atoms with Crippen LogP contribution in [0.4, 0.5) is 0 Å². The van der Waals surface area contributed by atoms with Gasteiger partial charge in [-0.15, -0.1) is 0 Å². The second kappa shape index (κ2) is 5.54. The molecule has 0 aliphatic carbocycles. The van der Waals surface area contributed by atoms with Gasteiger partial charge in [0.05, 0.1) is 23.7 Å². The Balaban J connectivity index is 1.93. The highest BCUT2D eigenvalue weighted by molar-refractivity contribution is 7.91. The topological polar surface area (TPSA) is 75.7 Å². The molecule has 1 N–H and O–H groups in total. The predicted molar refractivity (Wildman–Crippen MR) is 67.1 cm³/mol. The monoisotopic (exact) mass is 276 g/mol. The average molecular weight is 276 g/mol. The van der Waals surface area contributed by atoms with E-state index >= 15 is 0 Å². The number of carbonyl (C=O) groups is 1. The summed E-state index contributed by atoms with van der Waals surface area (Å²) in [5.41, 5.74) is 0. The lowest BCUT2D eigenvalue weighted by Crippen LogP contribution is -2.44. The van der Waals surface area contributed by atoms with Crippen molar-refractivity contribution in [1.29, 1.82) is 0 Å². The van der Waals surface area contributed by atoms with E-state index in [-0.39, 0.29) is 29.6 Å². The molecule has 18 heavy (non-hydrogen) atoms. The molecule has 0 bridgehead atoms. The number of methoxy groups -OCH3 is 1. The molecule has 0 aromatic rings.